The number of aliphatic imine (C=N–C) groups is 1. The molecule has 0 atom stereocenters. The van der Waals surface area contributed by atoms with E-state index >= 15 is 0 Å². The van der Waals surface area contributed by atoms with Crippen LogP contribution in [0.5, 0.6) is 0 Å². The van der Waals surface area contributed by atoms with Gasteiger partial charge >= 0.3 is 0 Å². The summed E-state index contributed by atoms with van der Waals surface area (Å²) in [6.45, 7) is 1.85. The fourth-order valence-electron chi connectivity index (χ4n) is 0.158. The number of hydrogen-bond acceptors (Lipinski definition) is 2. The molecule has 0 aliphatic rings. The molecule has 0 aliphatic heterocycles. The van der Waals surface area contributed by atoms with E-state index in [1.807, 2.05) is 6.92 Å². The second-order valence-electron chi connectivity index (χ2n) is 1.38. The zero-order chi connectivity index (χ0) is 5.86. The van der Waals surface area contributed by atoms with Crippen molar-refractivity contribution in [3.63, 3.8) is 0 Å². The molecule has 0 amide bonds. The standard InChI is InChI=1S/C4H11N3/c1-4(6-2)7(3)5/h5H2,1-3H3. The van der Waals surface area contributed by atoms with Crippen LogP contribution in [-0.4, -0.2) is 24.9 Å². The van der Waals surface area contributed by atoms with E-state index in [0.717, 1.165) is 5.84 Å². The van der Waals surface area contributed by atoms with Crippen LogP contribution < -0.4 is 5.84 Å². The summed E-state index contributed by atoms with van der Waals surface area (Å²) in [5, 5.41) is 1.47. The van der Waals surface area contributed by atoms with Gasteiger partial charge < -0.3 is 5.01 Å². The van der Waals surface area contributed by atoms with E-state index in [-0.39, 0.29) is 0 Å². The summed E-state index contributed by atoms with van der Waals surface area (Å²) in [5.41, 5.74) is 0. The molecular weight excluding hydrogens is 90.1 g/mol. The number of nitrogens with zero attached hydrogens (tertiary/aromatic N) is 2. The Labute approximate surface area is 43.8 Å². The van der Waals surface area contributed by atoms with Crippen molar-refractivity contribution in [3.8, 4) is 0 Å². The lowest BCUT2D eigenvalue weighted by molar-refractivity contribution is 0.534. The third-order valence-corrected chi connectivity index (χ3v) is 0.834. The van der Waals surface area contributed by atoms with Crippen LogP contribution in [0.4, 0.5) is 0 Å². The number of hydrogen-bond donors (Lipinski definition) is 1. The number of amidine groups is 1. The van der Waals surface area contributed by atoms with Crippen LogP contribution in [0.1, 0.15) is 6.92 Å². The number of nitrogens with two attached hydrogens (primary N) is 1. The van der Waals surface area contributed by atoms with E-state index in [0.29, 0.717) is 0 Å². The highest BCUT2D eigenvalue weighted by Crippen LogP contribution is 1.72. The van der Waals surface area contributed by atoms with Crippen LogP contribution in [0.25, 0.3) is 0 Å². The molecule has 0 bridgehead atoms. The zero-order valence-electron chi connectivity index (χ0n) is 4.97. The molecule has 0 aromatic rings. The van der Waals surface area contributed by atoms with Crippen molar-refractivity contribution in [2.45, 2.75) is 6.92 Å². The van der Waals surface area contributed by atoms with Gasteiger partial charge in [-0.05, 0) is 6.92 Å². The van der Waals surface area contributed by atoms with E-state index in [9.17, 15) is 0 Å². The Morgan fingerprint density at radius 2 is 2.14 bits per heavy atom. The molecule has 0 aliphatic carbocycles. The van der Waals surface area contributed by atoms with Gasteiger partial charge in [-0.1, -0.05) is 0 Å². The molecule has 3 nitrogen and oxygen atoms in total. The molecule has 7 heavy (non-hydrogen) atoms. The lowest BCUT2D eigenvalue weighted by Gasteiger charge is -2.08. The second kappa shape index (κ2) is 2.58. The Hall–Kier alpha value is -0.570. The van der Waals surface area contributed by atoms with Crippen LogP contribution in [-0.2, 0) is 0 Å². The predicted octanol–water partition coefficient (Wildman–Crippen LogP) is -0.160. The van der Waals surface area contributed by atoms with Gasteiger partial charge in [0.1, 0.15) is 5.84 Å². The van der Waals surface area contributed by atoms with Gasteiger partial charge in [0.05, 0.1) is 0 Å². The molecule has 0 aromatic carbocycles. The maximum atomic E-state index is 5.25. The van der Waals surface area contributed by atoms with Crippen molar-refractivity contribution in [2.24, 2.45) is 10.8 Å². The average molecular weight is 101 g/mol. The Morgan fingerprint density at radius 3 is 2.14 bits per heavy atom. The fraction of sp³-hybridized carbons (Fsp3) is 0.750. The van der Waals surface area contributed by atoms with E-state index in [1.54, 1.807) is 14.1 Å². The summed E-state index contributed by atoms with van der Waals surface area (Å²) in [5.74, 6) is 6.08. The smallest absolute Gasteiger partial charge is 0.109 e. The van der Waals surface area contributed by atoms with E-state index in [1.165, 1.54) is 5.01 Å². The molecule has 0 saturated heterocycles. The summed E-state index contributed by atoms with van der Waals surface area (Å²) in [6, 6.07) is 0. The van der Waals surface area contributed by atoms with Crippen molar-refractivity contribution in [1.82, 2.24) is 5.01 Å². The van der Waals surface area contributed by atoms with Gasteiger partial charge in [-0.25, -0.2) is 5.84 Å². The summed E-state index contributed by atoms with van der Waals surface area (Å²) < 4.78 is 0. The molecule has 2 N–H and O–H groups in total. The molecule has 0 spiro atoms. The van der Waals surface area contributed by atoms with Crippen LogP contribution in [0, 0.1) is 0 Å². The monoisotopic (exact) mass is 101 g/mol. The van der Waals surface area contributed by atoms with Gasteiger partial charge in [-0.15, -0.1) is 0 Å². The van der Waals surface area contributed by atoms with Crippen molar-refractivity contribution in [3.05, 3.63) is 0 Å². The Morgan fingerprint density at radius 1 is 1.71 bits per heavy atom. The maximum absolute atomic E-state index is 5.25. The zero-order valence-corrected chi connectivity index (χ0v) is 4.97. The molecule has 42 valence electrons. The van der Waals surface area contributed by atoms with Gasteiger partial charge in [0.25, 0.3) is 0 Å². The van der Waals surface area contributed by atoms with Gasteiger partial charge in [-0.2, -0.15) is 0 Å². The lowest BCUT2D eigenvalue weighted by atomic mass is 10.7. The maximum Gasteiger partial charge on any atom is 0.109 e. The third-order valence-electron chi connectivity index (χ3n) is 0.834. The molecule has 0 saturated carbocycles. The fourth-order valence-corrected chi connectivity index (χ4v) is 0.158. The number of rotatable bonds is 0. The molecule has 0 fully saturated rings. The first-order valence-electron chi connectivity index (χ1n) is 2.10. The van der Waals surface area contributed by atoms with E-state index in [4.69, 9.17) is 5.84 Å². The summed E-state index contributed by atoms with van der Waals surface area (Å²) in [7, 11) is 3.46. The summed E-state index contributed by atoms with van der Waals surface area (Å²) >= 11 is 0. The van der Waals surface area contributed by atoms with E-state index < -0.39 is 0 Å². The summed E-state index contributed by atoms with van der Waals surface area (Å²) in [4.78, 5) is 3.81. The highest BCUT2D eigenvalue weighted by molar-refractivity contribution is 5.78. The van der Waals surface area contributed by atoms with Gasteiger partial charge in [0, 0.05) is 14.1 Å². The quantitative estimate of drug-likeness (QED) is 0.199. The van der Waals surface area contributed by atoms with Crippen LogP contribution >= 0.6 is 0 Å². The molecule has 3 heteroatoms. The second-order valence-corrected chi connectivity index (χ2v) is 1.38. The molecule has 0 aromatic heterocycles. The van der Waals surface area contributed by atoms with Crippen molar-refractivity contribution < 1.29 is 0 Å². The Balaban J connectivity index is 3.56. The highest BCUT2D eigenvalue weighted by atomic mass is 15.4. The van der Waals surface area contributed by atoms with Gasteiger partial charge in [-0.3, -0.25) is 4.99 Å². The largest absolute Gasteiger partial charge is 0.302 e. The normalized spacial score (nSPS) is 11.7. The minimum atomic E-state index is 0.833. The Bertz CT molecular complexity index is 75.0. The van der Waals surface area contributed by atoms with Gasteiger partial charge in [0.2, 0.25) is 0 Å². The molecular formula is C4H11N3. The van der Waals surface area contributed by atoms with Crippen LogP contribution in [0.3, 0.4) is 0 Å². The minimum absolute atomic E-state index is 0.833. The first-order chi connectivity index (χ1) is 3.18. The van der Waals surface area contributed by atoms with Crippen LogP contribution in [0.2, 0.25) is 0 Å². The molecule has 0 rings (SSSR count). The van der Waals surface area contributed by atoms with Crippen LogP contribution in [0.15, 0.2) is 4.99 Å². The van der Waals surface area contributed by atoms with Crippen molar-refractivity contribution in [2.75, 3.05) is 14.1 Å². The first kappa shape index (κ1) is 6.43. The first-order valence-corrected chi connectivity index (χ1v) is 2.10. The highest BCUT2D eigenvalue weighted by Gasteiger charge is 1.85. The topological polar surface area (TPSA) is 41.6 Å². The SMILES string of the molecule is CN=C(C)N(C)N. The Kier molecular flexibility index (Phi) is 2.37. The summed E-state index contributed by atoms with van der Waals surface area (Å²) in [6.07, 6.45) is 0. The van der Waals surface area contributed by atoms with Crippen molar-refractivity contribution >= 4 is 5.84 Å². The third kappa shape index (κ3) is 2.17. The molecule has 0 radical (unpaired) electrons. The molecule has 0 heterocycles. The van der Waals surface area contributed by atoms with E-state index in [2.05, 4.69) is 4.99 Å². The van der Waals surface area contributed by atoms with Crippen molar-refractivity contribution in [1.29, 1.82) is 0 Å². The minimum Gasteiger partial charge on any atom is -0.302 e. The lowest BCUT2D eigenvalue weighted by Crippen LogP contribution is -2.30. The molecule has 0 unspecified atom stereocenters. The van der Waals surface area contributed by atoms with Gasteiger partial charge in [0.15, 0.2) is 0 Å². The number of hydrazine groups is 1. The predicted molar refractivity (Wildman–Crippen MR) is 31.0 cm³/mol. The average Bonchev–Trinajstić information content (AvgIpc) is 1.65.